The SMILES string of the molecule is CC(N)c1ccc(F)cc1C=O. The van der Waals surface area contributed by atoms with Crippen molar-refractivity contribution < 1.29 is 9.18 Å². The molecule has 0 aliphatic heterocycles. The van der Waals surface area contributed by atoms with Gasteiger partial charge in [0.05, 0.1) is 0 Å². The van der Waals surface area contributed by atoms with Gasteiger partial charge in [-0.1, -0.05) is 6.07 Å². The molecule has 0 radical (unpaired) electrons. The van der Waals surface area contributed by atoms with Gasteiger partial charge in [-0.15, -0.1) is 0 Å². The molecule has 2 nitrogen and oxygen atoms in total. The van der Waals surface area contributed by atoms with Gasteiger partial charge in [0.2, 0.25) is 0 Å². The van der Waals surface area contributed by atoms with Crippen molar-refractivity contribution in [2.24, 2.45) is 5.73 Å². The van der Waals surface area contributed by atoms with Crippen molar-refractivity contribution in [2.45, 2.75) is 13.0 Å². The topological polar surface area (TPSA) is 43.1 Å². The van der Waals surface area contributed by atoms with E-state index in [0.29, 0.717) is 17.4 Å². The number of carbonyl (C=O) groups excluding carboxylic acids is 1. The zero-order valence-electron chi connectivity index (χ0n) is 6.75. The molecule has 64 valence electrons. The number of halogens is 1. The second-order valence-corrected chi connectivity index (χ2v) is 2.68. The summed E-state index contributed by atoms with van der Waals surface area (Å²) >= 11 is 0. The Labute approximate surface area is 70.2 Å². The van der Waals surface area contributed by atoms with Crippen LogP contribution in [0, 0.1) is 5.82 Å². The fourth-order valence-electron chi connectivity index (χ4n) is 1.06. The lowest BCUT2D eigenvalue weighted by Gasteiger charge is -2.07. The van der Waals surface area contributed by atoms with E-state index in [1.165, 1.54) is 18.2 Å². The Hall–Kier alpha value is -1.22. The summed E-state index contributed by atoms with van der Waals surface area (Å²) in [6.07, 6.45) is 0.613. The minimum absolute atomic E-state index is 0.245. The Kier molecular flexibility index (Phi) is 2.55. The summed E-state index contributed by atoms with van der Waals surface area (Å²) in [5.41, 5.74) is 6.56. The summed E-state index contributed by atoms with van der Waals surface area (Å²) in [4.78, 5) is 10.5. The van der Waals surface area contributed by atoms with E-state index in [0.717, 1.165) is 0 Å². The van der Waals surface area contributed by atoms with Crippen molar-refractivity contribution in [3.05, 3.63) is 35.1 Å². The van der Waals surface area contributed by atoms with Crippen LogP contribution in [-0.4, -0.2) is 6.29 Å². The molecule has 1 aromatic rings. The van der Waals surface area contributed by atoms with Crippen LogP contribution in [-0.2, 0) is 0 Å². The van der Waals surface area contributed by atoms with Crippen molar-refractivity contribution in [2.75, 3.05) is 0 Å². The highest BCUT2D eigenvalue weighted by Crippen LogP contribution is 2.15. The highest BCUT2D eigenvalue weighted by atomic mass is 19.1. The summed E-state index contributed by atoms with van der Waals surface area (Å²) in [5.74, 6) is -0.415. The molecule has 0 saturated heterocycles. The van der Waals surface area contributed by atoms with Crippen molar-refractivity contribution in [3.8, 4) is 0 Å². The van der Waals surface area contributed by atoms with E-state index in [9.17, 15) is 9.18 Å². The van der Waals surface area contributed by atoms with E-state index >= 15 is 0 Å². The van der Waals surface area contributed by atoms with E-state index in [4.69, 9.17) is 5.73 Å². The van der Waals surface area contributed by atoms with E-state index < -0.39 is 5.82 Å². The molecule has 12 heavy (non-hydrogen) atoms. The molecule has 0 spiro atoms. The highest BCUT2D eigenvalue weighted by molar-refractivity contribution is 5.77. The number of benzene rings is 1. The predicted molar refractivity (Wildman–Crippen MR) is 44.4 cm³/mol. The van der Waals surface area contributed by atoms with Crippen LogP contribution >= 0.6 is 0 Å². The molecule has 0 fully saturated rings. The number of hydrogen-bond donors (Lipinski definition) is 1. The first-order chi connectivity index (χ1) is 5.65. The monoisotopic (exact) mass is 167 g/mol. The Morgan fingerprint density at radius 3 is 2.75 bits per heavy atom. The standard InChI is InChI=1S/C9H10FNO/c1-6(11)9-3-2-8(10)4-7(9)5-12/h2-6H,11H2,1H3. The molecule has 3 heteroatoms. The molecule has 0 aliphatic carbocycles. The predicted octanol–water partition coefficient (Wildman–Crippen LogP) is 1.66. The minimum Gasteiger partial charge on any atom is -0.324 e. The first-order valence-electron chi connectivity index (χ1n) is 3.65. The molecule has 1 rings (SSSR count). The Morgan fingerprint density at radius 2 is 2.25 bits per heavy atom. The lowest BCUT2D eigenvalue weighted by molar-refractivity contribution is 0.112. The first-order valence-corrected chi connectivity index (χ1v) is 3.65. The molecule has 1 atom stereocenters. The molecule has 0 amide bonds. The van der Waals surface area contributed by atoms with Crippen LogP contribution in [0.25, 0.3) is 0 Å². The molecular weight excluding hydrogens is 157 g/mol. The highest BCUT2D eigenvalue weighted by Gasteiger charge is 2.06. The zero-order valence-corrected chi connectivity index (χ0v) is 6.75. The molecule has 0 heterocycles. The van der Waals surface area contributed by atoms with Gasteiger partial charge in [-0.2, -0.15) is 0 Å². The minimum atomic E-state index is -0.415. The Balaban J connectivity index is 3.20. The van der Waals surface area contributed by atoms with Crippen molar-refractivity contribution in [3.63, 3.8) is 0 Å². The van der Waals surface area contributed by atoms with Gasteiger partial charge in [0.25, 0.3) is 0 Å². The van der Waals surface area contributed by atoms with Gasteiger partial charge in [0, 0.05) is 11.6 Å². The maximum atomic E-state index is 12.6. The zero-order chi connectivity index (χ0) is 9.14. The summed E-state index contributed by atoms with van der Waals surface area (Å²) in [6, 6.07) is 3.77. The number of nitrogens with two attached hydrogens (primary N) is 1. The fraction of sp³-hybridized carbons (Fsp3) is 0.222. The van der Waals surface area contributed by atoms with Crippen LogP contribution in [0.1, 0.15) is 28.9 Å². The first kappa shape index (κ1) is 8.87. The van der Waals surface area contributed by atoms with Crippen LogP contribution in [0.3, 0.4) is 0 Å². The van der Waals surface area contributed by atoms with Crippen molar-refractivity contribution >= 4 is 6.29 Å². The van der Waals surface area contributed by atoms with Gasteiger partial charge >= 0.3 is 0 Å². The van der Waals surface area contributed by atoms with Crippen LogP contribution in [0.4, 0.5) is 4.39 Å². The Bertz CT molecular complexity index is 297. The third-order valence-corrected chi connectivity index (χ3v) is 1.67. The van der Waals surface area contributed by atoms with Gasteiger partial charge in [-0.05, 0) is 24.6 Å². The number of aldehydes is 1. The second kappa shape index (κ2) is 3.45. The molecule has 2 N–H and O–H groups in total. The van der Waals surface area contributed by atoms with Crippen molar-refractivity contribution in [1.29, 1.82) is 0 Å². The molecule has 0 aromatic heterocycles. The fourth-order valence-corrected chi connectivity index (χ4v) is 1.06. The second-order valence-electron chi connectivity index (χ2n) is 2.68. The quantitative estimate of drug-likeness (QED) is 0.680. The molecule has 0 bridgehead atoms. The van der Waals surface area contributed by atoms with Gasteiger partial charge in [0.15, 0.2) is 0 Å². The molecule has 1 unspecified atom stereocenters. The molecule has 0 saturated carbocycles. The maximum Gasteiger partial charge on any atom is 0.150 e. The summed E-state index contributed by atoms with van der Waals surface area (Å²) in [6.45, 7) is 1.75. The van der Waals surface area contributed by atoms with Gasteiger partial charge < -0.3 is 5.73 Å². The number of carbonyl (C=O) groups is 1. The smallest absolute Gasteiger partial charge is 0.150 e. The molecule has 0 aliphatic rings. The van der Waals surface area contributed by atoms with Crippen LogP contribution < -0.4 is 5.73 Å². The normalized spacial score (nSPS) is 12.6. The maximum absolute atomic E-state index is 12.6. The van der Waals surface area contributed by atoms with Crippen molar-refractivity contribution in [1.82, 2.24) is 0 Å². The number of hydrogen-bond acceptors (Lipinski definition) is 2. The summed E-state index contributed by atoms with van der Waals surface area (Å²) < 4.78 is 12.6. The van der Waals surface area contributed by atoms with Gasteiger partial charge in [-0.3, -0.25) is 4.79 Å². The molecule has 1 aromatic carbocycles. The third-order valence-electron chi connectivity index (χ3n) is 1.67. The lowest BCUT2D eigenvalue weighted by atomic mass is 10.0. The Morgan fingerprint density at radius 1 is 1.58 bits per heavy atom. The van der Waals surface area contributed by atoms with Crippen LogP contribution in [0.2, 0.25) is 0 Å². The largest absolute Gasteiger partial charge is 0.324 e. The van der Waals surface area contributed by atoms with E-state index in [1.807, 2.05) is 0 Å². The van der Waals surface area contributed by atoms with Gasteiger partial charge in [-0.25, -0.2) is 4.39 Å². The average molecular weight is 167 g/mol. The van der Waals surface area contributed by atoms with Crippen LogP contribution in [0.5, 0.6) is 0 Å². The van der Waals surface area contributed by atoms with E-state index in [1.54, 1.807) is 6.92 Å². The molecular formula is C9H10FNO. The average Bonchev–Trinajstić information content (AvgIpc) is 2.03. The van der Waals surface area contributed by atoms with Crippen LogP contribution in [0.15, 0.2) is 18.2 Å². The number of rotatable bonds is 2. The summed E-state index contributed by atoms with van der Waals surface area (Å²) in [7, 11) is 0. The van der Waals surface area contributed by atoms with E-state index in [2.05, 4.69) is 0 Å². The summed E-state index contributed by atoms with van der Waals surface area (Å²) in [5, 5.41) is 0. The lowest BCUT2D eigenvalue weighted by Crippen LogP contribution is -2.08. The van der Waals surface area contributed by atoms with Gasteiger partial charge in [0.1, 0.15) is 12.1 Å². The third kappa shape index (κ3) is 1.68. The van der Waals surface area contributed by atoms with E-state index in [-0.39, 0.29) is 6.04 Å².